The van der Waals surface area contributed by atoms with Gasteiger partial charge in [0.1, 0.15) is 0 Å². The average Bonchev–Trinajstić information content (AvgIpc) is 1.68. The van der Waals surface area contributed by atoms with Crippen LogP contribution in [0.4, 0.5) is 39.8 Å². The Labute approximate surface area is 622 Å². The van der Waals surface area contributed by atoms with Crippen LogP contribution in [-0.4, -0.2) is 84.8 Å². The number of H-pyrrole nitrogens is 1. The molecule has 0 fully saturated rings. The summed E-state index contributed by atoms with van der Waals surface area (Å²) in [4.78, 5) is 72.5. The lowest BCUT2D eigenvalue weighted by atomic mass is 9.97. The summed E-state index contributed by atoms with van der Waals surface area (Å²) < 4.78 is 0. The molecule has 0 saturated heterocycles. The van der Waals surface area contributed by atoms with Crippen molar-refractivity contribution in [2.45, 2.75) is 44.9 Å². The number of fused-ring (bicyclic) bond motifs is 8. The topological polar surface area (TPSA) is 205 Å². The van der Waals surface area contributed by atoms with Crippen molar-refractivity contribution in [3.05, 3.63) is 377 Å². The number of pyridine rings is 8. The van der Waals surface area contributed by atoms with E-state index in [9.17, 15) is 0 Å². The van der Waals surface area contributed by atoms with Gasteiger partial charge in [-0.2, -0.15) is 0 Å². The number of aliphatic imine (C=N–C) groups is 7. The van der Waals surface area contributed by atoms with Gasteiger partial charge in [-0.15, -0.1) is 0 Å². The fourth-order valence-electron chi connectivity index (χ4n) is 14.6. The maximum Gasteiger partial charge on any atom is 0.0864 e. The molecule has 6 aromatic carbocycles. The van der Waals surface area contributed by atoms with Gasteiger partial charge in [0.2, 0.25) is 0 Å². The molecule has 0 bridgehead atoms. The van der Waals surface area contributed by atoms with E-state index in [1.807, 2.05) is 195 Å². The van der Waals surface area contributed by atoms with Crippen LogP contribution in [0.3, 0.4) is 0 Å². The van der Waals surface area contributed by atoms with Crippen LogP contribution in [0.1, 0.15) is 78.8 Å². The van der Waals surface area contributed by atoms with Crippen molar-refractivity contribution in [2.24, 2.45) is 34.9 Å². The molecule has 0 atom stereocenters. The molecule has 16 nitrogen and oxygen atoms in total. The van der Waals surface area contributed by atoms with Gasteiger partial charge in [0.05, 0.1) is 131 Å². The van der Waals surface area contributed by atoms with E-state index in [0.717, 1.165) is 198 Å². The number of benzene rings is 6. The first kappa shape index (κ1) is 64.6. The standard InChI is InChI=1S/2C26H18N4.2C20H14N4/c1-3-11-27-23(5-1)25-15-19-13-17(7-9-21(19)29-25)18-8-10-22-20(14-18)16-26(30-22)24-6-2-4-12-28-24;1-3-11-27-21(5-1)25-15-19-9-7-17(13-23(19)29-25)18-8-10-20-16-26(30-24(20)14-18)22-6-2-4-12-28-22;1-3-7-21-15(5-1)19-11-13-9-18-14(10-17(13)23-19)12-20(24-18)16-6-2-4-8-22-16;1-3-7-21-15(5-1)19-10-13-9-14-11-20(16-6-2-4-8-22-16)24-18(14)12-17(13)23-19/h2*1-14H,15-16H2;1-11,23H,12H2;1-9,12H,10-11H2. The summed E-state index contributed by atoms with van der Waals surface area (Å²) in [7, 11) is 0. The normalized spacial score (nSPS) is 14.1. The maximum atomic E-state index is 4.85. The van der Waals surface area contributed by atoms with Gasteiger partial charge in [-0.3, -0.25) is 74.8 Å². The second-order valence-corrected chi connectivity index (χ2v) is 27.1. The van der Waals surface area contributed by atoms with Crippen LogP contribution >= 0.6 is 0 Å². The fourth-order valence-corrected chi connectivity index (χ4v) is 14.6. The van der Waals surface area contributed by atoms with Gasteiger partial charge in [0, 0.05) is 105 Å². The number of aromatic amines is 1. The van der Waals surface area contributed by atoms with Crippen LogP contribution in [0.15, 0.2) is 333 Å². The van der Waals surface area contributed by atoms with E-state index < -0.39 is 0 Å². The van der Waals surface area contributed by atoms with Crippen LogP contribution in [0.25, 0.3) is 44.5 Å². The number of hydrogen-bond acceptors (Lipinski definition) is 15. The minimum atomic E-state index is 0.818. The first-order chi connectivity index (χ1) is 53.4. The molecule has 22 rings (SSSR count). The van der Waals surface area contributed by atoms with Gasteiger partial charge in [-0.25, -0.2) is 0 Å². The lowest BCUT2D eigenvalue weighted by Crippen LogP contribution is -2.03. The molecule has 0 unspecified atom stereocenters. The zero-order chi connectivity index (χ0) is 71.7. The first-order valence-corrected chi connectivity index (χ1v) is 36.1. The first-order valence-electron chi connectivity index (χ1n) is 36.1. The Hall–Kier alpha value is -14.3. The van der Waals surface area contributed by atoms with Crippen molar-refractivity contribution in [3.8, 4) is 33.6 Å². The van der Waals surface area contributed by atoms with Crippen molar-refractivity contribution >= 4 is 90.7 Å². The second-order valence-electron chi connectivity index (χ2n) is 27.1. The third-order valence-electron chi connectivity index (χ3n) is 20.1. The second kappa shape index (κ2) is 28.4. The summed E-state index contributed by atoms with van der Waals surface area (Å²) in [5.41, 5.74) is 37.7. The minimum Gasteiger partial charge on any atom is -0.353 e. The Morgan fingerprint density at radius 2 is 0.463 bits per heavy atom. The smallest absolute Gasteiger partial charge is 0.0864 e. The van der Waals surface area contributed by atoms with E-state index in [0.29, 0.717) is 0 Å². The summed E-state index contributed by atoms with van der Waals surface area (Å²) >= 11 is 0. The van der Waals surface area contributed by atoms with Gasteiger partial charge < -0.3 is 4.98 Å². The van der Waals surface area contributed by atoms with E-state index in [4.69, 9.17) is 34.9 Å². The van der Waals surface area contributed by atoms with Crippen LogP contribution in [0.2, 0.25) is 0 Å². The van der Waals surface area contributed by atoms with E-state index >= 15 is 0 Å². The molecule has 512 valence electrons. The number of nitrogens with one attached hydrogen (secondary N) is 1. The molecule has 7 aliphatic rings. The Balaban J connectivity index is 0.0000000985. The molecule has 16 heterocycles. The monoisotopic (exact) mass is 1390 g/mol. The van der Waals surface area contributed by atoms with Gasteiger partial charge in [-0.05, 0) is 219 Å². The van der Waals surface area contributed by atoms with Gasteiger partial charge >= 0.3 is 0 Å². The Kier molecular flexibility index (Phi) is 17.0. The number of hydrogen-bond donors (Lipinski definition) is 1. The molecule has 15 aromatic rings. The SMILES string of the molecule is c1ccc(C2=Nc3cc(-c4ccc5c(c4)N=C(c4ccccn4)C5)ccc3C2)nc1.c1ccc(C2=Nc3cc4c(cc3C2)CC(c2ccccn2)=N4)nc1.c1ccc(C2=Nc3cc4cc(-c5ccccn5)[nH]c4cc3C2)nc1.c1ccc(C2=Nc3ccc(-c4ccc5c(c4)CC(c4ccccn4)=N5)cc3C2)nc1. The molecular weight excluding hydrogens is 1330 g/mol. The zero-order valence-electron chi connectivity index (χ0n) is 58.4. The zero-order valence-corrected chi connectivity index (χ0v) is 58.4. The molecule has 0 radical (unpaired) electrons. The molecule has 9 aromatic heterocycles. The van der Waals surface area contributed by atoms with E-state index in [1.165, 1.54) is 50.1 Å². The van der Waals surface area contributed by atoms with E-state index in [2.05, 4.69) is 148 Å². The van der Waals surface area contributed by atoms with Crippen molar-refractivity contribution in [3.63, 3.8) is 0 Å². The summed E-state index contributed by atoms with van der Waals surface area (Å²) in [6.45, 7) is 0. The van der Waals surface area contributed by atoms with Crippen LogP contribution in [0.5, 0.6) is 0 Å². The molecule has 7 aliphatic heterocycles. The maximum absolute atomic E-state index is 4.85. The highest BCUT2D eigenvalue weighted by atomic mass is 14.9. The quantitative estimate of drug-likeness (QED) is 0.139. The van der Waals surface area contributed by atoms with E-state index in [-0.39, 0.29) is 0 Å². The molecule has 1 N–H and O–H groups in total. The lowest BCUT2D eigenvalue weighted by molar-refractivity contribution is 1.25. The lowest BCUT2D eigenvalue weighted by Gasteiger charge is -2.07. The van der Waals surface area contributed by atoms with Crippen molar-refractivity contribution in [1.82, 2.24) is 44.9 Å². The molecule has 108 heavy (non-hydrogen) atoms. The molecule has 0 aliphatic carbocycles. The van der Waals surface area contributed by atoms with Crippen molar-refractivity contribution in [1.29, 1.82) is 0 Å². The predicted molar refractivity (Wildman–Crippen MR) is 431 cm³/mol. The molecule has 0 saturated carbocycles. The Bertz CT molecular complexity index is 5930. The largest absolute Gasteiger partial charge is 0.353 e. The molecule has 16 heteroatoms. The molecule has 0 amide bonds. The molecule has 0 spiro atoms. The number of aromatic nitrogens is 9. The third-order valence-corrected chi connectivity index (χ3v) is 20.1. The van der Waals surface area contributed by atoms with Crippen LogP contribution in [0, 0.1) is 0 Å². The van der Waals surface area contributed by atoms with Crippen molar-refractivity contribution < 1.29 is 0 Å². The Morgan fingerprint density at radius 1 is 0.194 bits per heavy atom. The van der Waals surface area contributed by atoms with Gasteiger partial charge in [0.25, 0.3) is 0 Å². The van der Waals surface area contributed by atoms with Crippen molar-refractivity contribution in [2.75, 3.05) is 0 Å². The number of rotatable bonds is 10. The fraction of sp³-hybridized carbons (Fsp3) is 0.0761. The summed E-state index contributed by atoms with van der Waals surface area (Å²) in [5.74, 6) is 0. The average molecular weight is 1390 g/mol. The van der Waals surface area contributed by atoms with E-state index in [1.54, 1.807) is 0 Å². The highest BCUT2D eigenvalue weighted by Gasteiger charge is 2.27. The predicted octanol–water partition coefficient (Wildman–Crippen LogP) is 19.1. The minimum absolute atomic E-state index is 0.818. The Morgan fingerprint density at radius 3 is 0.796 bits per heavy atom. The summed E-state index contributed by atoms with van der Waals surface area (Å²) in [6, 6.07) is 84.4. The summed E-state index contributed by atoms with van der Waals surface area (Å²) in [6.07, 6.45) is 20.3. The number of nitrogens with zero attached hydrogens (tertiary/aromatic N) is 15. The van der Waals surface area contributed by atoms with Gasteiger partial charge in [0.15, 0.2) is 0 Å². The highest BCUT2D eigenvalue weighted by Crippen LogP contribution is 2.42. The third kappa shape index (κ3) is 13.4. The highest BCUT2D eigenvalue weighted by molar-refractivity contribution is 6.11. The van der Waals surface area contributed by atoms with Crippen LogP contribution < -0.4 is 0 Å². The van der Waals surface area contributed by atoms with Crippen LogP contribution in [-0.2, 0) is 44.9 Å². The summed E-state index contributed by atoms with van der Waals surface area (Å²) in [5, 5.41) is 1.15. The molecular formula is C92H64N16. The van der Waals surface area contributed by atoms with Gasteiger partial charge in [-0.1, -0.05) is 91.0 Å².